The van der Waals surface area contributed by atoms with Crippen LogP contribution in [0.1, 0.15) is 12.1 Å². The van der Waals surface area contributed by atoms with E-state index in [1.807, 2.05) is 54.4 Å². The van der Waals surface area contributed by atoms with Crippen molar-refractivity contribution in [2.45, 2.75) is 12.8 Å². The van der Waals surface area contributed by atoms with Gasteiger partial charge in [-0.25, -0.2) is 0 Å². The van der Waals surface area contributed by atoms with Crippen molar-refractivity contribution in [2.75, 3.05) is 31.6 Å². The first-order chi connectivity index (χ1) is 11.6. The lowest BCUT2D eigenvalue weighted by molar-refractivity contribution is -0.133. The normalized spacial score (nSPS) is 17.1. The van der Waals surface area contributed by atoms with Gasteiger partial charge in [-0.3, -0.25) is 9.78 Å². The van der Waals surface area contributed by atoms with Crippen LogP contribution in [0, 0.1) is 5.92 Å². The summed E-state index contributed by atoms with van der Waals surface area (Å²) in [5.41, 5.74) is 2.03. The van der Waals surface area contributed by atoms with Crippen molar-refractivity contribution in [3.63, 3.8) is 0 Å². The van der Waals surface area contributed by atoms with Crippen LogP contribution in [0.25, 0.3) is 0 Å². The summed E-state index contributed by atoms with van der Waals surface area (Å²) in [6.45, 7) is 2.29. The molecule has 1 atom stereocenters. The molecule has 3 rings (SSSR count). The third-order valence-electron chi connectivity index (χ3n) is 4.54. The van der Waals surface area contributed by atoms with E-state index in [4.69, 9.17) is 11.6 Å². The van der Waals surface area contributed by atoms with Crippen LogP contribution in [0.15, 0.2) is 48.7 Å². The number of halogens is 1. The summed E-state index contributed by atoms with van der Waals surface area (Å²) in [5, 5.41) is 0.745. The third kappa shape index (κ3) is 3.88. The van der Waals surface area contributed by atoms with Crippen molar-refractivity contribution in [3.05, 3.63) is 59.4 Å². The highest BCUT2D eigenvalue weighted by atomic mass is 35.5. The van der Waals surface area contributed by atoms with Gasteiger partial charge in [-0.15, -0.1) is 0 Å². The van der Waals surface area contributed by atoms with E-state index in [0.29, 0.717) is 6.54 Å². The Kier molecular flexibility index (Phi) is 5.36. The molecule has 1 aliphatic heterocycles. The van der Waals surface area contributed by atoms with Crippen LogP contribution in [0.5, 0.6) is 0 Å². The lowest BCUT2D eigenvalue weighted by Gasteiger charge is -2.22. The van der Waals surface area contributed by atoms with Gasteiger partial charge < -0.3 is 9.80 Å². The minimum absolute atomic E-state index is 0.0370. The van der Waals surface area contributed by atoms with Gasteiger partial charge in [-0.2, -0.15) is 0 Å². The average molecular weight is 344 g/mol. The molecule has 126 valence electrons. The van der Waals surface area contributed by atoms with Crippen LogP contribution in [-0.4, -0.2) is 42.5 Å². The maximum Gasteiger partial charge on any atom is 0.227 e. The van der Waals surface area contributed by atoms with Crippen molar-refractivity contribution < 1.29 is 4.79 Å². The third-order valence-corrected chi connectivity index (χ3v) is 4.86. The van der Waals surface area contributed by atoms with Crippen LogP contribution < -0.4 is 4.90 Å². The lowest BCUT2D eigenvalue weighted by atomic mass is 10.1. The van der Waals surface area contributed by atoms with E-state index in [1.165, 1.54) is 0 Å². The molecular weight excluding hydrogens is 322 g/mol. The number of hydrogen-bond acceptors (Lipinski definition) is 3. The Hall–Kier alpha value is -2.07. The molecule has 0 bridgehead atoms. The van der Waals surface area contributed by atoms with E-state index in [9.17, 15) is 4.79 Å². The number of carbonyl (C=O) groups is 1. The lowest BCUT2D eigenvalue weighted by Crippen LogP contribution is -2.36. The molecule has 4 nitrogen and oxygen atoms in total. The predicted molar refractivity (Wildman–Crippen MR) is 97.4 cm³/mol. The number of anilines is 1. The van der Waals surface area contributed by atoms with Gasteiger partial charge in [0.15, 0.2) is 0 Å². The average Bonchev–Trinajstić information content (AvgIpc) is 3.10. The van der Waals surface area contributed by atoms with Gasteiger partial charge in [-0.05, 0) is 30.7 Å². The molecule has 2 aromatic rings. The Bertz CT molecular complexity index is 692. The molecule has 24 heavy (non-hydrogen) atoms. The zero-order valence-electron chi connectivity index (χ0n) is 13.9. The molecular formula is C19H22ClN3O. The van der Waals surface area contributed by atoms with Crippen molar-refractivity contribution >= 4 is 23.2 Å². The van der Waals surface area contributed by atoms with Crippen molar-refractivity contribution in [1.82, 2.24) is 9.88 Å². The van der Waals surface area contributed by atoms with Crippen molar-refractivity contribution in [3.8, 4) is 0 Å². The topological polar surface area (TPSA) is 36.4 Å². The SMILES string of the molecule is CN(CCc1ccccn1)C(=O)[C@H]1CCN(c2ccccc2Cl)C1. The number of carbonyl (C=O) groups excluding carboxylic acids is 1. The summed E-state index contributed by atoms with van der Waals surface area (Å²) in [6, 6.07) is 13.7. The molecule has 1 saturated heterocycles. The summed E-state index contributed by atoms with van der Waals surface area (Å²) < 4.78 is 0. The number of amides is 1. The van der Waals surface area contributed by atoms with Gasteiger partial charge in [0.25, 0.3) is 0 Å². The van der Waals surface area contributed by atoms with Crippen LogP contribution in [0.3, 0.4) is 0 Å². The maximum absolute atomic E-state index is 12.7. The number of pyridine rings is 1. The fourth-order valence-electron chi connectivity index (χ4n) is 3.14. The second kappa shape index (κ2) is 7.67. The first kappa shape index (κ1) is 16.8. The first-order valence-corrected chi connectivity index (χ1v) is 8.67. The van der Waals surface area contributed by atoms with Gasteiger partial charge >= 0.3 is 0 Å². The van der Waals surface area contributed by atoms with Crippen molar-refractivity contribution in [1.29, 1.82) is 0 Å². The fraction of sp³-hybridized carbons (Fsp3) is 0.368. The summed E-state index contributed by atoms with van der Waals surface area (Å²) in [7, 11) is 1.88. The molecule has 1 amide bonds. The Morgan fingerprint density at radius 2 is 2.08 bits per heavy atom. The molecule has 1 fully saturated rings. The predicted octanol–water partition coefficient (Wildman–Crippen LogP) is 3.26. The standard InChI is InChI=1S/C19H22ClN3O/c1-22(12-10-16-6-4-5-11-21-16)19(24)15-9-13-23(14-15)18-8-3-2-7-17(18)20/h2-8,11,15H,9-10,12-14H2,1H3/t15-/m0/s1. The summed E-state index contributed by atoms with van der Waals surface area (Å²) >= 11 is 6.27. The zero-order chi connectivity index (χ0) is 16.9. The van der Waals surface area contributed by atoms with E-state index in [0.717, 1.165) is 42.3 Å². The summed E-state index contributed by atoms with van der Waals surface area (Å²) in [4.78, 5) is 21.0. The van der Waals surface area contributed by atoms with Gasteiger partial charge in [0, 0.05) is 45.0 Å². The quantitative estimate of drug-likeness (QED) is 0.836. The molecule has 0 unspecified atom stereocenters. The van der Waals surface area contributed by atoms with Gasteiger partial charge in [0.1, 0.15) is 0 Å². The van der Waals surface area contributed by atoms with E-state index in [-0.39, 0.29) is 11.8 Å². The Morgan fingerprint density at radius 3 is 2.83 bits per heavy atom. The Labute approximate surface area is 148 Å². The van der Waals surface area contributed by atoms with Gasteiger partial charge in [0.2, 0.25) is 5.91 Å². The van der Waals surface area contributed by atoms with Gasteiger partial charge in [0.05, 0.1) is 16.6 Å². The summed E-state index contributed by atoms with van der Waals surface area (Å²) in [6.07, 6.45) is 3.44. The number of nitrogens with zero attached hydrogens (tertiary/aromatic N) is 3. The minimum Gasteiger partial charge on any atom is -0.370 e. The molecule has 0 N–H and O–H groups in total. The van der Waals surface area contributed by atoms with Gasteiger partial charge in [-0.1, -0.05) is 29.8 Å². The number of hydrogen-bond donors (Lipinski definition) is 0. The molecule has 5 heteroatoms. The largest absolute Gasteiger partial charge is 0.370 e. The van der Waals surface area contributed by atoms with Crippen molar-refractivity contribution in [2.24, 2.45) is 5.92 Å². The highest BCUT2D eigenvalue weighted by molar-refractivity contribution is 6.33. The number of para-hydroxylation sites is 1. The van der Waals surface area contributed by atoms with E-state index >= 15 is 0 Å². The first-order valence-electron chi connectivity index (χ1n) is 8.29. The molecule has 0 spiro atoms. The molecule has 1 aromatic carbocycles. The van der Waals surface area contributed by atoms with E-state index in [2.05, 4.69) is 9.88 Å². The second-order valence-electron chi connectivity index (χ2n) is 6.21. The summed E-state index contributed by atoms with van der Waals surface area (Å²) in [5.74, 6) is 0.246. The monoisotopic (exact) mass is 343 g/mol. The highest BCUT2D eigenvalue weighted by Gasteiger charge is 2.30. The fourth-order valence-corrected chi connectivity index (χ4v) is 3.39. The minimum atomic E-state index is 0.0370. The van der Waals surface area contributed by atoms with E-state index < -0.39 is 0 Å². The van der Waals surface area contributed by atoms with E-state index in [1.54, 1.807) is 6.20 Å². The molecule has 1 aromatic heterocycles. The van der Waals surface area contributed by atoms with Crippen LogP contribution in [-0.2, 0) is 11.2 Å². The van der Waals surface area contributed by atoms with Crippen LogP contribution >= 0.6 is 11.6 Å². The number of likely N-dealkylation sites (N-methyl/N-ethyl adjacent to an activating group) is 1. The number of benzene rings is 1. The Balaban J connectivity index is 1.55. The number of rotatable bonds is 5. The number of aromatic nitrogens is 1. The zero-order valence-corrected chi connectivity index (χ0v) is 14.6. The van der Waals surface area contributed by atoms with Crippen LogP contribution in [0.4, 0.5) is 5.69 Å². The maximum atomic E-state index is 12.7. The second-order valence-corrected chi connectivity index (χ2v) is 6.62. The highest BCUT2D eigenvalue weighted by Crippen LogP contribution is 2.30. The molecule has 1 aliphatic rings. The molecule has 2 heterocycles. The Morgan fingerprint density at radius 1 is 1.29 bits per heavy atom. The molecule has 0 saturated carbocycles. The molecule has 0 aliphatic carbocycles. The molecule has 0 radical (unpaired) electrons. The smallest absolute Gasteiger partial charge is 0.227 e. The van der Waals surface area contributed by atoms with Crippen LogP contribution in [0.2, 0.25) is 5.02 Å².